The Labute approximate surface area is 98.7 Å². The fourth-order valence-corrected chi connectivity index (χ4v) is 4.69. The molecule has 2 aliphatic rings. The van der Waals surface area contributed by atoms with Crippen molar-refractivity contribution in [3.63, 3.8) is 0 Å². The van der Waals surface area contributed by atoms with Gasteiger partial charge in [0.15, 0.2) is 0 Å². The van der Waals surface area contributed by atoms with Crippen molar-refractivity contribution in [3.05, 3.63) is 0 Å². The first-order valence-electron chi connectivity index (χ1n) is 6.28. The maximum absolute atomic E-state index is 12.1. The minimum absolute atomic E-state index is 0.144. The van der Waals surface area contributed by atoms with E-state index in [0.717, 1.165) is 19.5 Å². The quantitative estimate of drug-likeness (QED) is 0.743. The normalized spacial score (nSPS) is 32.9. The first-order valence-corrected chi connectivity index (χ1v) is 7.89. The molecule has 0 N–H and O–H groups in total. The monoisotopic (exact) mass is 246 g/mol. The molecule has 0 spiro atoms. The zero-order chi connectivity index (χ0) is 11.8. The predicted octanol–water partition coefficient (Wildman–Crippen LogP) is 0.895. The summed E-state index contributed by atoms with van der Waals surface area (Å²) in [5.41, 5.74) is 0. The van der Waals surface area contributed by atoms with Crippen molar-refractivity contribution < 1.29 is 8.42 Å². The van der Waals surface area contributed by atoms with Crippen LogP contribution in [-0.4, -0.2) is 55.1 Å². The molecule has 0 unspecified atom stereocenters. The molecule has 2 atom stereocenters. The lowest BCUT2D eigenvalue weighted by Gasteiger charge is -2.41. The van der Waals surface area contributed by atoms with E-state index in [1.807, 2.05) is 13.8 Å². The molecule has 0 aromatic carbocycles. The van der Waals surface area contributed by atoms with Gasteiger partial charge in [0.1, 0.15) is 0 Å². The summed E-state index contributed by atoms with van der Waals surface area (Å²) in [7, 11) is -3.01. The highest BCUT2D eigenvalue weighted by atomic mass is 32.2. The van der Waals surface area contributed by atoms with Crippen molar-refractivity contribution in [2.45, 2.75) is 45.2 Å². The topological polar surface area (TPSA) is 40.6 Å². The summed E-state index contributed by atoms with van der Waals surface area (Å²) in [6.07, 6.45) is 3.09. The molecule has 2 fully saturated rings. The van der Waals surface area contributed by atoms with Crippen LogP contribution < -0.4 is 0 Å². The van der Waals surface area contributed by atoms with Gasteiger partial charge in [0, 0.05) is 25.2 Å². The molecule has 2 heterocycles. The van der Waals surface area contributed by atoms with E-state index in [1.54, 1.807) is 4.31 Å². The molecule has 0 aromatic rings. The molecule has 94 valence electrons. The van der Waals surface area contributed by atoms with Gasteiger partial charge in [0.25, 0.3) is 0 Å². The number of hydrogen-bond acceptors (Lipinski definition) is 3. The van der Waals surface area contributed by atoms with Gasteiger partial charge in [-0.2, -0.15) is 4.31 Å². The lowest BCUT2D eigenvalue weighted by molar-refractivity contribution is 0.117. The summed E-state index contributed by atoms with van der Waals surface area (Å²) in [6.45, 7) is 6.73. The smallest absolute Gasteiger partial charge is 0.214 e. The Kier molecular flexibility index (Phi) is 3.56. The van der Waals surface area contributed by atoms with E-state index in [1.165, 1.54) is 6.42 Å². The number of nitrogens with zero attached hydrogens (tertiary/aromatic N) is 2. The van der Waals surface area contributed by atoms with Crippen LogP contribution in [0.15, 0.2) is 0 Å². The molecule has 5 heteroatoms. The van der Waals surface area contributed by atoms with Gasteiger partial charge in [0.2, 0.25) is 10.0 Å². The van der Waals surface area contributed by atoms with Crippen molar-refractivity contribution in [1.29, 1.82) is 0 Å². The van der Waals surface area contributed by atoms with Crippen LogP contribution in [0.3, 0.4) is 0 Å². The van der Waals surface area contributed by atoms with Gasteiger partial charge >= 0.3 is 0 Å². The SMILES string of the molecule is CCCS(=O)(=O)N1C[C@H]2CCCN2C[C@H]1C. The Morgan fingerprint density at radius 1 is 1.31 bits per heavy atom. The van der Waals surface area contributed by atoms with Crippen LogP contribution in [0.25, 0.3) is 0 Å². The van der Waals surface area contributed by atoms with Crippen LogP contribution in [0.2, 0.25) is 0 Å². The minimum atomic E-state index is -3.01. The Hall–Kier alpha value is -0.130. The molecular formula is C11H22N2O2S. The highest BCUT2D eigenvalue weighted by molar-refractivity contribution is 7.89. The van der Waals surface area contributed by atoms with E-state index in [-0.39, 0.29) is 6.04 Å². The van der Waals surface area contributed by atoms with Crippen LogP contribution in [-0.2, 0) is 10.0 Å². The number of fused-ring (bicyclic) bond motifs is 1. The Bertz CT molecular complexity index is 342. The van der Waals surface area contributed by atoms with Crippen molar-refractivity contribution in [3.8, 4) is 0 Å². The van der Waals surface area contributed by atoms with E-state index in [2.05, 4.69) is 4.90 Å². The third kappa shape index (κ3) is 2.26. The van der Waals surface area contributed by atoms with E-state index < -0.39 is 10.0 Å². The minimum Gasteiger partial charge on any atom is -0.297 e. The second-order valence-corrected chi connectivity index (χ2v) is 7.07. The van der Waals surface area contributed by atoms with E-state index in [9.17, 15) is 8.42 Å². The lowest BCUT2D eigenvalue weighted by atomic mass is 10.1. The molecule has 0 radical (unpaired) electrons. The summed E-state index contributed by atoms with van der Waals surface area (Å²) in [5, 5.41) is 0. The first-order chi connectivity index (χ1) is 7.54. The van der Waals surface area contributed by atoms with Crippen LogP contribution in [0.5, 0.6) is 0 Å². The number of piperazine rings is 1. The maximum atomic E-state index is 12.1. The molecule has 4 nitrogen and oxygen atoms in total. The lowest BCUT2D eigenvalue weighted by Crippen LogP contribution is -2.57. The standard InChI is InChI=1S/C11H22N2O2S/c1-3-7-16(14,15)13-9-11-5-4-6-12(11)8-10(13)2/h10-11H,3-9H2,1-2H3/t10-,11-/m1/s1. The molecule has 0 saturated carbocycles. The average molecular weight is 246 g/mol. The summed E-state index contributed by atoms with van der Waals surface area (Å²) in [6, 6.07) is 0.619. The second kappa shape index (κ2) is 4.63. The van der Waals surface area contributed by atoms with Gasteiger partial charge in [-0.05, 0) is 32.7 Å². The summed E-state index contributed by atoms with van der Waals surface area (Å²) in [4.78, 5) is 2.45. The zero-order valence-electron chi connectivity index (χ0n) is 10.2. The van der Waals surface area contributed by atoms with Gasteiger partial charge in [-0.25, -0.2) is 8.42 Å². The van der Waals surface area contributed by atoms with Crippen molar-refractivity contribution in [1.82, 2.24) is 9.21 Å². The van der Waals surface area contributed by atoms with Crippen molar-refractivity contribution in [2.24, 2.45) is 0 Å². The van der Waals surface area contributed by atoms with Crippen LogP contribution >= 0.6 is 0 Å². The summed E-state index contributed by atoms with van der Waals surface area (Å²) >= 11 is 0. The second-order valence-electron chi connectivity index (χ2n) is 5.03. The molecule has 16 heavy (non-hydrogen) atoms. The Morgan fingerprint density at radius 2 is 2.06 bits per heavy atom. The molecule has 2 saturated heterocycles. The van der Waals surface area contributed by atoms with Crippen LogP contribution in [0, 0.1) is 0 Å². The molecule has 2 aliphatic heterocycles. The number of sulfonamides is 1. The fraction of sp³-hybridized carbons (Fsp3) is 1.00. The highest BCUT2D eigenvalue weighted by Gasteiger charge is 2.39. The van der Waals surface area contributed by atoms with Gasteiger partial charge in [-0.3, -0.25) is 4.90 Å². The van der Waals surface area contributed by atoms with Crippen LogP contribution in [0.1, 0.15) is 33.1 Å². The van der Waals surface area contributed by atoms with E-state index in [4.69, 9.17) is 0 Å². The number of rotatable bonds is 3. The fourth-order valence-electron chi connectivity index (χ4n) is 2.92. The van der Waals surface area contributed by atoms with Crippen LogP contribution in [0.4, 0.5) is 0 Å². The Morgan fingerprint density at radius 3 is 2.75 bits per heavy atom. The highest BCUT2D eigenvalue weighted by Crippen LogP contribution is 2.26. The maximum Gasteiger partial charge on any atom is 0.214 e. The molecule has 2 rings (SSSR count). The van der Waals surface area contributed by atoms with Crippen molar-refractivity contribution >= 4 is 10.0 Å². The van der Waals surface area contributed by atoms with Gasteiger partial charge in [0.05, 0.1) is 5.75 Å². The zero-order valence-corrected chi connectivity index (χ0v) is 11.0. The first kappa shape index (κ1) is 12.3. The number of hydrogen-bond donors (Lipinski definition) is 0. The summed E-state index contributed by atoms with van der Waals surface area (Å²) in [5.74, 6) is 0.296. The van der Waals surface area contributed by atoms with Gasteiger partial charge < -0.3 is 0 Å². The third-order valence-corrected chi connectivity index (χ3v) is 5.85. The van der Waals surface area contributed by atoms with E-state index >= 15 is 0 Å². The van der Waals surface area contributed by atoms with Gasteiger partial charge in [-0.15, -0.1) is 0 Å². The molecule has 0 aliphatic carbocycles. The van der Waals surface area contributed by atoms with Crippen molar-refractivity contribution in [2.75, 3.05) is 25.4 Å². The largest absolute Gasteiger partial charge is 0.297 e. The molecule has 0 bridgehead atoms. The molecule has 0 amide bonds. The molecule has 0 aromatic heterocycles. The third-order valence-electron chi connectivity index (χ3n) is 3.70. The van der Waals surface area contributed by atoms with E-state index in [0.29, 0.717) is 24.8 Å². The average Bonchev–Trinajstić information content (AvgIpc) is 2.63. The predicted molar refractivity (Wildman–Crippen MR) is 64.8 cm³/mol. The van der Waals surface area contributed by atoms with Gasteiger partial charge in [-0.1, -0.05) is 6.92 Å². The molecular weight excluding hydrogens is 224 g/mol. The summed E-state index contributed by atoms with van der Waals surface area (Å²) < 4.78 is 25.9. The Balaban J connectivity index is 2.10.